The van der Waals surface area contributed by atoms with Gasteiger partial charge in [-0.2, -0.15) is 0 Å². The van der Waals surface area contributed by atoms with Crippen LogP contribution in [0.1, 0.15) is 115 Å². The van der Waals surface area contributed by atoms with Crippen molar-refractivity contribution in [1.82, 2.24) is 5.32 Å². The van der Waals surface area contributed by atoms with Gasteiger partial charge in [0, 0.05) is 18.5 Å². The van der Waals surface area contributed by atoms with Crippen molar-refractivity contribution in [3.05, 3.63) is 35.9 Å². The van der Waals surface area contributed by atoms with Gasteiger partial charge in [-0.1, -0.05) is 149 Å². The highest BCUT2D eigenvalue weighted by Crippen LogP contribution is 2.14. The van der Waals surface area contributed by atoms with Crippen molar-refractivity contribution in [3.63, 3.8) is 0 Å². The molecule has 0 saturated heterocycles. The number of alkyl halides is 1. The van der Waals surface area contributed by atoms with Crippen LogP contribution in [0.4, 0.5) is 4.79 Å². The van der Waals surface area contributed by atoms with Gasteiger partial charge < -0.3 is 19.5 Å². The van der Waals surface area contributed by atoms with E-state index in [0.717, 1.165) is 18.6 Å². The standard InChI is InChI=1S/C31H54BrNO4/c1-2-3-4-5-6-7-8-9-10-11-12-13-14-15-16-20-25-35-27-30(28-37-31(34)33-24-23-32)36-26-29-21-18-17-19-22-29/h17-19,21-22,30H,2-16,20,23-28H2,1H3,(H,33,34). The second kappa shape index (κ2) is 26.5. The molecule has 5 nitrogen and oxygen atoms in total. The molecule has 0 fully saturated rings. The fourth-order valence-corrected chi connectivity index (χ4v) is 4.47. The van der Waals surface area contributed by atoms with Gasteiger partial charge in [0.1, 0.15) is 12.7 Å². The fourth-order valence-electron chi connectivity index (χ4n) is 4.27. The number of unbranched alkanes of at least 4 members (excludes halogenated alkanes) is 15. The van der Waals surface area contributed by atoms with Gasteiger partial charge in [-0.05, 0) is 12.0 Å². The molecule has 0 aliphatic carbocycles. The third kappa shape index (κ3) is 22.6. The van der Waals surface area contributed by atoms with Crippen molar-refractivity contribution in [3.8, 4) is 0 Å². The molecule has 0 radical (unpaired) electrons. The van der Waals surface area contributed by atoms with E-state index < -0.39 is 6.09 Å². The van der Waals surface area contributed by atoms with E-state index in [0.29, 0.717) is 25.1 Å². The number of carbonyl (C=O) groups excluding carboxylic acids is 1. The lowest BCUT2D eigenvalue weighted by Gasteiger charge is -2.18. The predicted octanol–water partition coefficient (Wildman–Crippen LogP) is 8.97. The van der Waals surface area contributed by atoms with Gasteiger partial charge in [0.2, 0.25) is 0 Å². The van der Waals surface area contributed by atoms with E-state index in [1.807, 2.05) is 30.3 Å². The zero-order chi connectivity index (χ0) is 26.7. The van der Waals surface area contributed by atoms with E-state index in [2.05, 4.69) is 28.2 Å². The number of nitrogens with one attached hydrogen (secondary N) is 1. The van der Waals surface area contributed by atoms with Gasteiger partial charge in [-0.3, -0.25) is 0 Å². The van der Waals surface area contributed by atoms with Crippen LogP contribution in [0.15, 0.2) is 30.3 Å². The topological polar surface area (TPSA) is 56.8 Å². The smallest absolute Gasteiger partial charge is 0.407 e. The number of halogens is 1. The zero-order valence-corrected chi connectivity index (χ0v) is 25.1. The minimum atomic E-state index is -0.425. The highest BCUT2D eigenvalue weighted by molar-refractivity contribution is 9.09. The number of hydrogen-bond acceptors (Lipinski definition) is 4. The molecule has 0 spiro atoms. The first-order valence-corrected chi connectivity index (χ1v) is 16.1. The van der Waals surface area contributed by atoms with Gasteiger partial charge in [0.25, 0.3) is 0 Å². The summed E-state index contributed by atoms with van der Waals surface area (Å²) in [7, 11) is 0. The molecule has 6 heteroatoms. The first-order valence-electron chi connectivity index (χ1n) is 15.0. The van der Waals surface area contributed by atoms with Crippen molar-refractivity contribution in [2.45, 2.75) is 122 Å². The number of carbonyl (C=O) groups is 1. The van der Waals surface area contributed by atoms with Crippen LogP contribution in [0.2, 0.25) is 0 Å². The molecule has 1 atom stereocenters. The molecule has 37 heavy (non-hydrogen) atoms. The average molecular weight is 585 g/mol. The number of rotatable bonds is 26. The van der Waals surface area contributed by atoms with Crippen LogP contribution in [0, 0.1) is 0 Å². The molecule has 0 aromatic heterocycles. The Bertz CT molecular complexity index is 616. The van der Waals surface area contributed by atoms with E-state index in [9.17, 15) is 4.79 Å². The van der Waals surface area contributed by atoms with E-state index in [1.54, 1.807) is 0 Å². The lowest BCUT2D eigenvalue weighted by molar-refractivity contribution is -0.0529. The summed E-state index contributed by atoms with van der Waals surface area (Å²) in [5, 5.41) is 3.38. The first-order chi connectivity index (χ1) is 18.3. The molecule has 0 heterocycles. The molecule has 1 amide bonds. The van der Waals surface area contributed by atoms with E-state index >= 15 is 0 Å². The van der Waals surface area contributed by atoms with E-state index in [1.165, 1.54) is 96.3 Å². The summed E-state index contributed by atoms with van der Waals surface area (Å²) in [6.45, 7) is 4.62. The fraction of sp³-hybridized carbons (Fsp3) is 0.774. The summed E-state index contributed by atoms with van der Waals surface area (Å²) in [6, 6.07) is 10.0. The molecule has 1 N–H and O–H groups in total. The molecule has 0 aliphatic heterocycles. The molecular formula is C31H54BrNO4. The number of amides is 1. The lowest BCUT2D eigenvalue weighted by Crippen LogP contribution is -2.32. The molecule has 0 saturated carbocycles. The molecule has 0 bridgehead atoms. The average Bonchev–Trinajstić information content (AvgIpc) is 2.92. The number of ether oxygens (including phenoxy) is 3. The van der Waals surface area contributed by atoms with Crippen LogP contribution < -0.4 is 5.32 Å². The van der Waals surface area contributed by atoms with Crippen LogP contribution in [0.25, 0.3) is 0 Å². The van der Waals surface area contributed by atoms with Gasteiger partial charge in [0.05, 0.1) is 13.2 Å². The monoisotopic (exact) mass is 583 g/mol. The third-order valence-corrected chi connectivity index (χ3v) is 6.94. The Kier molecular flexibility index (Phi) is 24.3. The summed E-state index contributed by atoms with van der Waals surface area (Å²) in [4.78, 5) is 11.8. The highest BCUT2D eigenvalue weighted by atomic mass is 79.9. The van der Waals surface area contributed by atoms with Gasteiger partial charge in [0.15, 0.2) is 0 Å². The summed E-state index contributed by atoms with van der Waals surface area (Å²) in [5.41, 5.74) is 1.09. The molecule has 1 unspecified atom stereocenters. The third-order valence-electron chi connectivity index (χ3n) is 6.54. The largest absolute Gasteiger partial charge is 0.447 e. The van der Waals surface area contributed by atoms with Gasteiger partial charge in [-0.15, -0.1) is 0 Å². The van der Waals surface area contributed by atoms with Crippen LogP contribution in [0.5, 0.6) is 0 Å². The normalized spacial score (nSPS) is 11.9. The Morgan fingerprint density at radius 2 is 1.32 bits per heavy atom. The van der Waals surface area contributed by atoms with Crippen molar-refractivity contribution >= 4 is 22.0 Å². The van der Waals surface area contributed by atoms with E-state index in [-0.39, 0.29) is 12.7 Å². The Morgan fingerprint density at radius 1 is 0.784 bits per heavy atom. The van der Waals surface area contributed by atoms with Crippen molar-refractivity contribution in [1.29, 1.82) is 0 Å². The number of hydrogen-bond donors (Lipinski definition) is 1. The summed E-state index contributed by atoms with van der Waals surface area (Å²) >= 11 is 3.29. The van der Waals surface area contributed by atoms with Crippen LogP contribution in [0.3, 0.4) is 0 Å². The first kappa shape index (κ1) is 33.9. The Labute approximate surface area is 235 Å². The quantitative estimate of drug-likeness (QED) is 0.0872. The van der Waals surface area contributed by atoms with Crippen molar-refractivity contribution in [2.75, 3.05) is 31.7 Å². The Morgan fingerprint density at radius 3 is 1.86 bits per heavy atom. The van der Waals surface area contributed by atoms with Gasteiger partial charge >= 0.3 is 6.09 Å². The summed E-state index contributed by atoms with van der Waals surface area (Å²) < 4.78 is 17.2. The number of alkyl carbamates (subject to hydrolysis) is 1. The second-order valence-corrected chi connectivity index (χ2v) is 10.8. The molecule has 0 aliphatic rings. The van der Waals surface area contributed by atoms with Crippen LogP contribution >= 0.6 is 15.9 Å². The van der Waals surface area contributed by atoms with Crippen molar-refractivity contribution in [2.24, 2.45) is 0 Å². The summed E-state index contributed by atoms with van der Waals surface area (Å²) in [6.07, 6.45) is 21.1. The second-order valence-electron chi connectivity index (χ2n) is 10.0. The molecule has 1 aromatic rings. The van der Waals surface area contributed by atoms with Crippen molar-refractivity contribution < 1.29 is 19.0 Å². The predicted molar refractivity (Wildman–Crippen MR) is 159 cm³/mol. The molecule has 1 aromatic carbocycles. The van der Waals surface area contributed by atoms with E-state index in [4.69, 9.17) is 14.2 Å². The maximum atomic E-state index is 11.8. The Hall–Kier alpha value is -1.11. The van der Waals surface area contributed by atoms with Gasteiger partial charge in [-0.25, -0.2) is 4.79 Å². The maximum absolute atomic E-state index is 11.8. The SMILES string of the molecule is CCCCCCCCCCCCCCCCCCOCC(COC(=O)NCCBr)OCc1ccccc1. The Balaban J connectivity index is 2.00. The maximum Gasteiger partial charge on any atom is 0.407 e. The molecule has 1 rings (SSSR count). The highest BCUT2D eigenvalue weighted by Gasteiger charge is 2.13. The van der Waals surface area contributed by atoms with Crippen LogP contribution in [-0.4, -0.2) is 43.9 Å². The number of benzene rings is 1. The minimum absolute atomic E-state index is 0.180. The molecular weight excluding hydrogens is 530 g/mol. The molecule has 214 valence electrons. The zero-order valence-electron chi connectivity index (χ0n) is 23.5. The minimum Gasteiger partial charge on any atom is -0.447 e. The summed E-state index contributed by atoms with van der Waals surface area (Å²) in [5.74, 6) is 0. The van der Waals surface area contributed by atoms with Crippen LogP contribution in [-0.2, 0) is 20.8 Å². The lowest BCUT2D eigenvalue weighted by atomic mass is 10.0.